The van der Waals surface area contributed by atoms with E-state index >= 15 is 0 Å². The Kier molecular flexibility index (Phi) is 6.80. The van der Waals surface area contributed by atoms with Gasteiger partial charge in [0.25, 0.3) is 5.91 Å². The molecule has 5 rings (SSSR count). The molecule has 2 aromatic heterocycles. The van der Waals surface area contributed by atoms with Crippen molar-refractivity contribution in [3.8, 4) is 10.4 Å². The average Bonchev–Trinajstić information content (AvgIpc) is 3.25. The molecule has 35 heavy (non-hydrogen) atoms. The number of benzene rings is 2. The van der Waals surface area contributed by atoms with Gasteiger partial charge in [0.1, 0.15) is 11.5 Å². The van der Waals surface area contributed by atoms with Crippen molar-refractivity contribution in [2.75, 3.05) is 18.4 Å². The summed E-state index contributed by atoms with van der Waals surface area (Å²) >= 11 is 5.00. The van der Waals surface area contributed by atoms with Gasteiger partial charge >= 0.3 is 0 Å². The van der Waals surface area contributed by atoms with Crippen LogP contribution in [0, 0.1) is 18.7 Å². The lowest BCUT2D eigenvalue weighted by Gasteiger charge is -2.40. The number of hydrogen-bond donors (Lipinski definition) is 1. The van der Waals surface area contributed by atoms with Gasteiger partial charge in [-0.3, -0.25) is 4.79 Å². The van der Waals surface area contributed by atoms with Crippen LogP contribution in [0.15, 0.2) is 53.1 Å². The van der Waals surface area contributed by atoms with Gasteiger partial charge in [0, 0.05) is 29.1 Å². The summed E-state index contributed by atoms with van der Waals surface area (Å²) in [5.74, 6) is 0.457. The number of aryl methyl sites for hydroxylation is 1. The number of thiazole rings is 1. The summed E-state index contributed by atoms with van der Waals surface area (Å²) < 4.78 is 14.4. The maximum absolute atomic E-state index is 13.8. The van der Waals surface area contributed by atoms with E-state index in [9.17, 15) is 9.18 Å². The lowest BCUT2D eigenvalue weighted by atomic mass is 9.90. The number of halogens is 2. The number of piperidine rings is 1. The summed E-state index contributed by atoms with van der Waals surface area (Å²) in [7, 11) is 0. The summed E-state index contributed by atoms with van der Waals surface area (Å²) in [4.78, 5) is 30.2. The van der Waals surface area contributed by atoms with Crippen molar-refractivity contribution in [3.05, 3.63) is 69.7 Å². The van der Waals surface area contributed by atoms with Crippen molar-refractivity contribution in [2.45, 2.75) is 32.7 Å². The number of carbonyl (C=O) groups is 1. The molecule has 0 bridgehead atoms. The minimum absolute atomic E-state index is 0.0267. The topological polar surface area (TPSA) is 71.0 Å². The number of rotatable bonds is 5. The van der Waals surface area contributed by atoms with Crippen LogP contribution in [0.2, 0.25) is 0 Å². The van der Waals surface area contributed by atoms with Crippen LogP contribution in [0.5, 0.6) is 0 Å². The summed E-state index contributed by atoms with van der Waals surface area (Å²) in [6, 6.07) is 12.1. The standard InChI is InChI=1S/C26H25BrFN5OS/c1-15-5-4-12-33(22(15)14-30-26-29-13-19-20(27)6-3-7-21(19)32-26)25(34)23-24(35-16(2)31-23)17-8-10-18(28)11-9-17/h3,6-11,13,15,22H,4-5,12,14H2,1-2H3,(H,29,30,32). The van der Waals surface area contributed by atoms with Crippen LogP contribution < -0.4 is 5.32 Å². The summed E-state index contributed by atoms with van der Waals surface area (Å²) in [6.07, 6.45) is 3.79. The SMILES string of the molecule is Cc1nc(C(=O)N2CCCC(C)C2CNc2ncc3c(Br)cccc3n2)c(-c2ccc(F)cc2)s1. The minimum atomic E-state index is -0.304. The zero-order valence-corrected chi connectivity index (χ0v) is 21.9. The maximum Gasteiger partial charge on any atom is 0.274 e. The van der Waals surface area contributed by atoms with Crippen LogP contribution in [-0.2, 0) is 0 Å². The van der Waals surface area contributed by atoms with Crippen LogP contribution in [0.1, 0.15) is 35.3 Å². The van der Waals surface area contributed by atoms with Gasteiger partial charge in [-0.1, -0.05) is 41.1 Å². The Morgan fingerprint density at radius 3 is 2.83 bits per heavy atom. The third kappa shape index (κ3) is 4.92. The maximum atomic E-state index is 13.8. The highest BCUT2D eigenvalue weighted by atomic mass is 79.9. The second-order valence-electron chi connectivity index (χ2n) is 8.85. The molecule has 1 aliphatic heterocycles. The molecule has 180 valence electrons. The smallest absolute Gasteiger partial charge is 0.274 e. The highest BCUT2D eigenvalue weighted by Crippen LogP contribution is 2.33. The predicted octanol–water partition coefficient (Wildman–Crippen LogP) is 6.32. The van der Waals surface area contributed by atoms with E-state index in [0.717, 1.165) is 43.7 Å². The van der Waals surface area contributed by atoms with E-state index in [1.807, 2.05) is 30.0 Å². The van der Waals surface area contributed by atoms with Crippen molar-refractivity contribution in [1.82, 2.24) is 19.9 Å². The summed E-state index contributed by atoms with van der Waals surface area (Å²) in [6.45, 7) is 5.28. The fraction of sp³-hybridized carbons (Fsp3) is 0.308. The molecule has 1 saturated heterocycles. The van der Waals surface area contributed by atoms with Gasteiger partial charge in [-0.15, -0.1) is 11.3 Å². The molecule has 0 aliphatic carbocycles. The van der Waals surface area contributed by atoms with E-state index in [2.05, 4.69) is 43.1 Å². The van der Waals surface area contributed by atoms with Crippen molar-refractivity contribution in [1.29, 1.82) is 0 Å². The first kappa shape index (κ1) is 23.8. The van der Waals surface area contributed by atoms with E-state index in [-0.39, 0.29) is 17.8 Å². The normalized spacial score (nSPS) is 18.1. The Bertz CT molecular complexity index is 1380. The molecular weight excluding hydrogens is 529 g/mol. The Balaban J connectivity index is 1.39. The first-order valence-corrected chi connectivity index (χ1v) is 13.2. The largest absolute Gasteiger partial charge is 0.352 e. The molecule has 1 fully saturated rings. The van der Waals surface area contributed by atoms with Crippen LogP contribution in [-0.4, -0.2) is 44.9 Å². The third-order valence-electron chi connectivity index (χ3n) is 6.46. The summed E-state index contributed by atoms with van der Waals surface area (Å²) in [5, 5.41) is 5.12. The molecule has 0 saturated carbocycles. The molecule has 2 aromatic carbocycles. The van der Waals surface area contributed by atoms with E-state index in [1.165, 1.54) is 23.5 Å². The quantitative estimate of drug-likeness (QED) is 0.313. The molecular formula is C26H25BrFN5OS. The second-order valence-corrected chi connectivity index (χ2v) is 10.9. The second kappa shape index (κ2) is 9.99. The van der Waals surface area contributed by atoms with Crippen LogP contribution in [0.4, 0.5) is 10.3 Å². The number of hydrogen-bond acceptors (Lipinski definition) is 6. The first-order valence-electron chi connectivity index (χ1n) is 11.6. The third-order valence-corrected chi connectivity index (χ3v) is 8.17. The molecule has 9 heteroatoms. The fourth-order valence-electron chi connectivity index (χ4n) is 4.62. The van der Waals surface area contributed by atoms with Gasteiger partial charge in [0.15, 0.2) is 0 Å². The number of nitrogens with zero attached hydrogens (tertiary/aromatic N) is 4. The Hall–Kier alpha value is -2.91. The molecule has 3 heterocycles. The molecule has 0 spiro atoms. The van der Waals surface area contributed by atoms with Crippen molar-refractivity contribution in [3.63, 3.8) is 0 Å². The molecule has 6 nitrogen and oxygen atoms in total. The Labute approximate surface area is 215 Å². The molecule has 2 unspecified atom stereocenters. The van der Waals surface area contributed by atoms with Gasteiger partial charge in [0.05, 0.1) is 21.4 Å². The minimum Gasteiger partial charge on any atom is -0.352 e. The van der Waals surface area contributed by atoms with Crippen LogP contribution in [0.3, 0.4) is 0 Å². The molecule has 1 amide bonds. The number of likely N-dealkylation sites (tertiary alicyclic amines) is 1. The Morgan fingerprint density at radius 2 is 2.03 bits per heavy atom. The highest BCUT2D eigenvalue weighted by Gasteiger charge is 2.34. The van der Waals surface area contributed by atoms with Gasteiger partial charge in [0.2, 0.25) is 5.95 Å². The van der Waals surface area contributed by atoms with Gasteiger partial charge in [-0.2, -0.15) is 0 Å². The average molecular weight is 554 g/mol. The fourth-order valence-corrected chi connectivity index (χ4v) is 5.99. The van der Waals surface area contributed by atoms with E-state index in [1.54, 1.807) is 18.3 Å². The zero-order valence-electron chi connectivity index (χ0n) is 19.5. The van der Waals surface area contributed by atoms with Crippen molar-refractivity contribution in [2.24, 2.45) is 5.92 Å². The van der Waals surface area contributed by atoms with Gasteiger partial charge in [-0.25, -0.2) is 19.3 Å². The van der Waals surface area contributed by atoms with Gasteiger partial charge in [-0.05, 0) is 55.5 Å². The molecule has 2 atom stereocenters. The highest BCUT2D eigenvalue weighted by molar-refractivity contribution is 9.10. The number of carbonyl (C=O) groups excluding carboxylic acids is 1. The predicted molar refractivity (Wildman–Crippen MR) is 141 cm³/mol. The molecule has 4 aromatic rings. The number of amides is 1. The summed E-state index contributed by atoms with van der Waals surface area (Å²) in [5.41, 5.74) is 2.09. The van der Waals surface area contributed by atoms with Gasteiger partial charge < -0.3 is 10.2 Å². The molecule has 0 radical (unpaired) electrons. The number of nitrogens with one attached hydrogen (secondary N) is 1. The Morgan fingerprint density at radius 1 is 1.23 bits per heavy atom. The first-order chi connectivity index (χ1) is 16.9. The lowest BCUT2D eigenvalue weighted by Crippen LogP contribution is -2.51. The molecule has 1 aliphatic rings. The molecule has 1 N–H and O–H groups in total. The van der Waals surface area contributed by atoms with E-state index in [0.29, 0.717) is 30.6 Å². The van der Waals surface area contributed by atoms with Crippen molar-refractivity contribution >= 4 is 50.0 Å². The number of fused-ring (bicyclic) bond motifs is 1. The van der Waals surface area contributed by atoms with E-state index in [4.69, 9.17) is 0 Å². The van der Waals surface area contributed by atoms with E-state index < -0.39 is 0 Å². The van der Waals surface area contributed by atoms with Crippen LogP contribution in [0.25, 0.3) is 21.3 Å². The number of aromatic nitrogens is 3. The van der Waals surface area contributed by atoms with Crippen LogP contribution >= 0.6 is 27.3 Å². The van der Waals surface area contributed by atoms with Crippen molar-refractivity contribution < 1.29 is 9.18 Å². The lowest BCUT2D eigenvalue weighted by molar-refractivity contribution is 0.0535. The zero-order chi connectivity index (χ0) is 24.5. The monoisotopic (exact) mass is 553 g/mol. The number of anilines is 1.